The van der Waals surface area contributed by atoms with E-state index in [1.807, 2.05) is 21.1 Å². The van der Waals surface area contributed by atoms with Crippen LogP contribution in [-0.2, 0) is 37.4 Å². The van der Waals surface area contributed by atoms with Crippen molar-refractivity contribution in [3.05, 3.63) is 36.5 Å². The number of hydrogen-bond donors (Lipinski definition) is 0. The number of likely N-dealkylation sites (N-methyl/N-ethyl adjacent to an activating group) is 1. The maximum atomic E-state index is 12.7. The molecule has 11 heteroatoms. The van der Waals surface area contributed by atoms with Crippen molar-refractivity contribution in [1.82, 2.24) is 0 Å². The van der Waals surface area contributed by atoms with Gasteiger partial charge in [-0.25, -0.2) is 0 Å². The van der Waals surface area contributed by atoms with Gasteiger partial charge in [-0.15, -0.1) is 0 Å². The molecule has 332 valence electrons. The lowest BCUT2D eigenvalue weighted by Gasteiger charge is -2.28. The van der Waals surface area contributed by atoms with Gasteiger partial charge in [0.05, 0.1) is 40.0 Å². The third-order valence-electron chi connectivity index (χ3n) is 10.1. The second kappa shape index (κ2) is 35.0. The first-order valence-corrected chi connectivity index (χ1v) is 24.3. The molecule has 1 rings (SSSR count). The molecule has 0 spiro atoms. The van der Waals surface area contributed by atoms with E-state index in [-0.39, 0.29) is 38.3 Å². The smallest absolute Gasteiger partial charge is 0.306 e. The zero-order valence-electron chi connectivity index (χ0n) is 37.0. The molecule has 1 heterocycles. The molecule has 0 aliphatic carbocycles. The van der Waals surface area contributed by atoms with Gasteiger partial charge in [-0.3, -0.25) is 14.2 Å². The number of hydrogen-bond acceptors (Lipinski definition) is 9. The molecule has 1 saturated heterocycles. The Morgan fingerprint density at radius 1 is 0.632 bits per heavy atom. The van der Waals surface area contributed by atoms with Gasteiger partial charge < -0.3 is 32.6 Å². The largest absolute Gasteiger partial charge is 0.756 e. The number of ether oxygens (including phenoxy) is 3. The summed E-state index contributed by atoms with van der Waals surface area (Å²) in [5.41, 5.74) is 0. The van der Waals surface area contributed by atoms with Crippen molar-refractivity contribution < 1.29 is 46.8 Å². The second-order valence-corrected chi connectivity index (χ2v) is 18.2. The van der Waals surface area contributed by atoms with Crippen molar-refractivity contribution in [2.75, 3.05) is 47.5 Å². The van der Waals surface area contributed by atoms with Crippen molar-refractivity contribution in [3.8, 4) is 0 Å². The van der Waals surface area contributed by atoms with Gasteiger partial charge in [0.25, 0.3) is 7.82 Å². The quantitative estimate of drug-likeness (QED) is 0.0148. The van der Waals surface area contributed by atoms with Crippen LogP contribution in [0.5, 0.6) is 0 Å². The fraction of sp³-hybridized carbons (Fsp3) is 0.826. The summed E-state index contributed by atoms with van der Waals surface area (Å²) in [5, 5.41) is 0. The number of epoxide rings is 1. The van der Waals surface area contributed by atoms with Gasteiger partial charge in [0.15, 0.2) is 6.10 Å². The van der Waals surface area contributed by atoms with Gasteiger partial charge in [-0.1, -0.05) is 153 Å². The van der Waals surface area contributed by atoms with E-state index < -0.39 is 32.5 Å². The summed E-state index contributed by atoms with van der Waals surface area (Å²) in [5.74, 6) is -0.904. The molecule has 4 atom stereocenters. The molecule has 0 bridgehead atoms. The molecule has 0 amide bonds. The normalized spacial score (nSPS) is 17.4. The topological polar surface area (TPSA) is 124 Å². The third-order valence-corrected chi connectivity index (χ3v) is 11.0. The van der Waals surface area contributed by atoms with Crippen molar-refractivity contribution in [2.45, 2.75) is 199 Å². The summed E-state index contributed by atoms with van der Waals surface area (Å²) in [6.07, 6.45) is 40.5. The SMILES string of the molecule is CCCCC/C=C\C/C=C\CC1OC1C/C=C\CCCC(=O)OC[C@H](COP(=O)([O-])OCC[N+](C)(C)C)OC(=O)CCCCCCCCCCCCCCCCC. The predicted octanol–water partition coefficient (Wildman–Crippen LogP) is 11.3. The Kier molecular flexibility index (Phi) is 32.7. The molecule has 0 aromatic rings. The van der Waals surface area contributed by atoms with Gasteiger partial charge in [-0.2, -0.15) is 0 Å². The molecule has 0 aromatic heterocycles. The number of allylic oxidation sites excluding steroid dienone is 4. The first-order valence-electron chi connectivity index (χ1n) is 22.8. The Hall–Kier alpha value is -1.81. The first-order chi connectivity index (χ1) is 27.5. The number of esters is 2. The van der Waals surface area contributed by atoms with Crippen LogP contribution in [-0.4, -0.2) is 82.2 Å². The minimum atomic E-state index is -4.64. The van der Waals surface area contributed by atoms with E-state index in [9.17, 15) is 19.0 Å². The molecule has 0 N–H and O–H groups in total. The van der Waals surface area contributed by atoms with E-state index in [0.717, 1.165) is 51.4 Å². The molecule has 1 fully saturated rings. The number of carbonyl (C=O) groups is 2. The van der Waals surface area contributed by atoms with Crippen molar-refractivity contribution in [3.63, 3.8) is 0 Å². The lowest BCUT2D eigenvalue weighted by Crippen LogP contribution is -2.37. The molecule has 0 aromatic carbocycles. The number of phosphoric ester groups is 1. The van der Waals surface area contributed by atoms with Crippen LogP contribution in [0.3, 0.4) is 0 Å². The molecule has 0 saturated carbocycles. The van der Waals surface area contributed by atoms with Gasteiger partial charge in [0.1, 0.15) is 19.8 Å². The van der Waals surface area contributed by atoms with Crippen LogP contribution in [0.15, 0.2) is 36.5 Å². The minimum absolute atomic E-state index is 0.0413. The minimum Gasteiger partial charge on any atom is -0.756 e. The predicted molar refractivity (Wildman–Crippen MR) is 231 cm³/mol. The van der Waals surface area contributed by atoms with Crippen LogP contribution in [0, 0.1) is 0 Å². The number of quaternary nitrogens is 1. The van der Waals surface area contributed by atoms with Crippen molar-refractivity contribution >= 4 is 19.8 Å². The van der Waals surface area contributed by atoms with Crippen molar-refractivity contribution in [2.24, 2.45) is 0 Å². The fourth-order valence-corrected chi connectivity index (χ4v) is 7.06. The van der Waals surface area contributed by atoms with Crippen LogP contribution in [0.1, 0.15) is 181 Å². The second-order valence-electron chi connectivity index (χ2n) is 16.8. The summed E-state index contributed by atoms with van der Waals surface area (Å²) >= 11 is 0. The van der Waals surface area contributed by atoms with E-state index in [1.54, 1.807) is 0 Å². The summed E-state index contributed by atoms with van der Waals surface area (Å²) < 4.78 is 39.7. The number of phosphoric acid groups is 1. The Labute approximate surface area is 348 Å². The number of carbonyl (C=O) groups excluding carboxylic acids is 2. The molecule has 3 unspecified atom stereocenters. The zero-order valence-corrected chi connectivity index (χ0v) is 37.9. The average Bonchev–Trinajstić information content (AvgIpc) is 3.92. The van der Waals surface area contributed by atoms with Gasteiger partial charge >= 0.3 is 11.9 Å². The van der Waals surface area contributed by atoms with Crippen LogP contribution < -0.4 is 4.89 Å². The van der Waals surface area contributed by atoms with Crippen LogP contribution >= 0.6 is 7.82 Å². The standard InChI is InChI=1S/C46H84NO9P/c1-6-8-10-12-14-16-17-18-19-20-21-23-25-27-33-37-46(49)55-42(41-54-57(50,51)53-39-38-47(3,4)5)40-52-45(48)36-32-29-28-31-35-44-43(56-44)34-30-26-24-22-15-13-11-9-7-2/h15,22,26,28,30-31,42-44H,6-14,16-21,23-25,27,29,32-41H2,1-5H3/b22-15-,30-26-,31-28-/t42-,43?,44?/m1/s1. The Bertz CT molecular complexity index is 1140. The highest BCUT2D eigenvalue weighted by Gasteiger charge is 2.36. The molecule has 0 radical (unpaired) electrons. The van der Waals surface area contributed by atoms with Gasteiger partial charge in [0.2, 0.25) is 0 Å². The monoisotopic (exact) mass is 826 g/mol. The third kappa shape index (κ3) is 35.8. The number of nitrogens with zero attached hydrogens (tertiary/aromatic N) is 1. The van der Waals surface area contributed by atoms with E-state index in [4.69, 9.17) is 23.3 Å². The maximum absolute atomic E-state index is 12.7. The van der Waals surface area contributed by atoms with E-state index in [0.29, 0.717) is 23.9 Å². The maximum Gasteiger partial charge on any atom is 0.306 e. The highest BCUT2D eigenvalue weighted by Crippen LogP contribution is 2.38. The fourth-order valence-electron chi connectivity index (χ4n) is 6.34. The number of rotatable bonds is 40. The van der Waals surface area contributed by atoms with E-state index in [2.05, 4.69) is 50.3 Å². The van der Waals surface area contributed by atoms with E-state index >= 15 is 0 Å². The Balaban J connectivity index is 2.31. The summed E-state index contributed by atoms with van der Waals surface area (Å²) in [6.45, 7) is 4.13. The first kappa shape index (κ1) is 53.2. The zero-order chi connectivity index (χ0) is 41.9. The highest BCUT2D eigenvalue weighted by molar-refractivity contribution is 7.45. The number of unbranched alkanes of at least 4 members (excludes halogenated alkanes) is 18. The molecular formula is C46H84NO9P. The molecule has 1 aliphatic rings. The van der Waals surface area contributed by atoms with Crippen molar-refractivity contribution in [1.29, 1.82) is 0 Å². The van der Waals surface area contributed by atoms with Crippen LogP contribution in [0.4, 0.5) is 0 Å². The summed E-state index contributed by atoms with van der Waals surface area (Å²) in [4.78, 5) is 37.6. The molecule has 10 nitrogen and oxygen atoms in total. The van der Waals surface area contributed by atoms with Crippen LogP contribution in [0.2, 0.25) is 0 Å². The van der Waals surface area contributed by atoms with Gasteiger partial charge in [0, 0.05) is 12.8 Å². The Morgan fingerprint density at radius 2 is 1.12 bits per heavy atom. The lowest BCUT2D eigenvalue weighted by atomic mass is 10.0. The highest BCUT2D eigenvalue weighted by atomic mass is 31.2. The van der Waals surface area contributed by atoms with Crippen LogP contribution in [0.25, 0.3) is 0 Å². The van der Waals surface area contributed by atoms with E-state index in [1.165, 1.54) is 89.9 Å². The lowest BCUT2D eigenvalue weighted by molar-refractivity contribution is -0.870. The Morgan fingerprint density at radius 3 is 1.72 bits per heavy atom. The molecule has 1 aliphatic heterocycles. The molecule has 57 heavy (non-hydrogen) atoms. The summed E-state index contributed by atoms with van der Waals surface area (Å²) in [7, 11) is 1.13. The molecular weight excluding hydrogens is 741 g/mol. The average molecular weight is 826 g/mol. The van der Waals surface area contributed by atoms with Gasteiger partial charge in [-0.05, 0) is 51.4 Å². The summed E-state index contributed by atoms with van der Waals surface area (Å²) in [6, 6.07) is 0.